The van der Waals surface area contributed by atoms with Gasteiger partial charge in [-0.25, -0.2) is 9.78 Å². The number of amides is 2. The standard InChI is InChI=1S/C40H49ClF3N3O8/c1-6-52-36(51)39-18-25(39)13-11-9-7-8-10-12-24(16-31(48)54-37(3,4)5)35(50)47-21-38(20-30(47)34(49)46-39)19-28(41)32-27-17-26(53-22-40(42,43)44)14-15-29(27)45-23(2)33(32)55-38/h11,13-15,17,24-25,28,30H,6-10,12,16,18-22H2,1-5H3,(H,46,49)/b13-11-/t24-,25-,28?,30+,38-,39-/m1/s1. The molecule has 2 fully saturated rings. The van der Waals surface area contributed by atoms with E-state index in [9.17, 15) is 32.3 Å². The van der Waals surface area contributed by atoms with Crippen molar-refractivity contribution in [3.05, 3.63) is 41.6 Å². The molecule has 4 aliphatic rings. The molecule has 1 aromatic heterocycles. The first-order valence-corrected chi connectivity index (χ1v) is 19.4. The van der Waals surface area contributed by atoms with Crippen molar-refractivity contribution in [3.8, 4) is 11.5 Å². The summed E-state index contributed by atoms with van der Waals surface area (Å²) in [6.07, 6.45) is 3.19. The van der Waals surface area contributed by atoms with E-state index in [1.807, 2.05) is 12.2 Å². The Bertz CT molecular complexity index is 1860. The fraction of sp³-hybridized carbons (Fsp3) is 0.625. The Morgan fingerprint density at radius 3 is 2.58 bits per heavy atom. The summed E-state index contributed by atoms with van der Waals surface area (Å²) in [6, 6.07) is 3.32. The minimum atomic E-state index is -4.53. The highest BCUT2D eigenvalue weighted by atomic mass is 35.5. The van der Waals surface area contributed by atoms with E-state index < -0.39 is 70.6 Å². The van der Waals surface area contributed by atoms with Crippen molar-refractivity contribution in [2.45, 2.75) is 127 Å². The van der Waals surface area contributed by atoms with E-state index in [2.05, 4.69) is 10.3 Å². The van der Waals surface area contributed by atoms with Crippen molar-refractivity contribution in [3.63, 3.8) is 0 Å². The number of halogens is 4. The lowest BCUT2D eigenvalue weighted by atomic mass is 9.86. The number of alkyl halides is 4. The number of ether oxygens (including phenoxy) is 4. The van der Waals surface area contributed by atoms with Crippen LogP contribution in [0.4, 0.5) is 13.2 Å². The highest BCUT2D eigenvalue weighted by Crippen LogP contribution is 2.52. The number of esters is 2. The number of carbonyl (C=O) groups is 4. The van der Waals surface area contributed by atoms with Crippen molar-refractivity contribution in [2.75, 3.05) is 19.8 Å². The van der Waals surface area contributed by atoms with Crippen LogP contribution >= 0.6 is 11.6 Å². The summed E-state index contributed by atoms with van der Waals surface area (Å²) >= 11 is 7.18. The molecule has 1 saturated carbocycles. The summed E-state index contributed by atoms with van der Waals surface area (Å²) in [5, 5.41) is 2.67. The maximum Gasteiger partial charge on any atom is 0.422 e. The molecule has 1 spiro atoms. The Hall–Kier alpha value is -4.07. The SMILES string of the molecule is CCOC(=O)[C@@]12C[C@H]1/C=C\CCCCC[C@H](CC(=O)OC(C)(C)C)C(=O)N1C[C@@]3(CC(Cl)c4c(c(C)nc5ccc(OCC(F)(F)F)cc45)O3)C[C@H]1C(=O)N2. The molecule has 300 valence electrons. The number of aromatic nitrogens is 1. The van der Waals surface area contributed by atoms with Crippen LogP contribution in [0.2, 0.25) is 0 Å². The number of aryl methyl sites for hydroxylation is 1. The predicted octanol–water partition coefficient (Wildman–Crippen LogP) is 7.19. The number of pyridine rings is 1. The Morgan fingerprint density at radius 1 is 1.11 bits per heavy atom. The lowest BCUT2D eigenvalue weighted by Gasteiger charge is -2.39. The first-order valence-electron chi connectivity index (χ1n) is 19.0. The van der Waals surface area contributed by atoms with E-state index in [-0.39, 0.29) is 44.1 Å². The molecule has 3 aliphatic heterocycles. The first-order chi connectivity index (χ1) is 25.8. The van der Waals surface area contributed by atoms with Crippen LogP contribution in [-0.2, 0) is 28.7 Å². The average molecular weight is 792 g/mol. The van der Waals surface area contributed by atoms with Gasteiger partial charge in [0.15, 0.2) is 6.61 Å². The zero-order valence-corrected chi connectivity index (χ0v) is 32.6. The zero-order chi connectivity index (χ0) is 39.9. The molecule has 6 rings (SSSR count). The topological polar surface area (TPSA) is 133 Å². The van der Waals surface area contributed by atoms with Gasteiger partial charge in [0.25, 0.3) is 0 Å². The number of nitrogens with zero attached hydrogens (tertiary/aromatic N) is 2. The van der Waals surface area contributed by atoms with E-state index in [0.717, 1.165) is 19.3 Å². The summed E-state index contributed by atoms with van der Waals surface area (Å²) in [5.41, 5.74) is -1.78. The highest BCUT2D eigenvalue weighted by molar-refractivity contribution is 6.22. The summed E-state index contributed by atoms with van der Waals surface area (Å²) in [6.45, 7) is 7.27. The molecule has 1 aromatic carbocycles. The third kappa shape index (κ3) is 8.99. The lowest BCUT2D eigenvalue weighted by molar-refractivity contribution is -0.159. The van der Waals surface area contributed by atoms with E-state index in [1.165, 1.54) is 17.0 Å². The molecule has 6 atom stereocenters. The zero-order valence-electron chi connectivity index (χ0n) is 31.9. The molecule has 15 heteroatoms. The second kappa shape index (κ2) is 15.5. The molecular weight excluding hydrogens is 743 g/mol. The van der Waals surface area contributed by atoms with Crippen molar-refractivity contribution in [1.29, 1.82) is 0 Å². The highest BCUT2D eigenvalue weighted by Gasteiger charge is 2.63. The van der Waals surface area contributed by atoms with E-state index in [4.69, 9.17) is 30.5 Å². The summed E-state index contributed by atoms with van der Waals surface area (Å²) < 4.78 is 61.7. The van der Waals surface area contributed by atoms with Gasteiger partial charge in [0, 0.05) is 35.6 Å². The predicted molar refractivity (Wildman–Crippen MR) is 197 cm³/mol. The van der Waals surface area contributed by atoms with Crippen LogP contribution in [0.1, 0.15) is 102 Å². The molecule has 1 unspecified atom stereocenters. The van der Waals surface area contributed by atoms with Gasteiger partial charge in [-0.1, -0.05) is 25.0 Å². The molecule has 2 aromatic rings. The Morgan fingerprint density at radius 2 is 1.87 bits per heavy atom. The molecule has 55 heavy (non-hydrogen) atoms. The summed E-state index contributed by atoms with van der Waals surface area (Å²) in [5.74, 6) is -2.82. The van der Waals surface area contributed by atoms with E-state index >= 15 is 0 Å². The van der Waals surface area contributed by atoms with Gasteiger partial charge in [-0.05, 0) is 78.5 Å². The molecule has 1 aliphatic carbocycles. The van der Waals surface area contributed by atoms with Crippen molar-refractivity contribution >= 4 is 46.3 Å². The third-order valence-corrected chi connectivity index (χ3v) is 11.0. The Balaban J connectivity index is 1.37. The number of rotatable bonds is 6. The van der Waals surface area contributed by atoms with E-state index in [0.29, 0.717) is 47.2 Å². The molecule has 2 amide bonds. The number of nitrogens with one attached hydrogen (secondary N) is 1. The van der Waals surface area contributed by atoms with Gasteiger partial charge in [-0.15, -0.1) is 11.6 Å². The number of hydrogen-bond donors (Lipinski definition) is 1. The number of fused-ring (bicyclic) bond motifs is 5. The first kappa shape index (κ1) is 40.6. The molecule has 11 nitrogen and oxygen atoms in total. The largest absolute Gasteiger partial charge is 0.484 e. The van der Waals surface area contributed by atoms with Gasteiger partial charge in [-0.3, -0.25) is 14.4 Å². The van der Waals surface area contributed by atoms with Crippen LogP contribution in [0.15, 0.2) is 30.4 Å². The second-order valence-corrected chi connectivity index (χ2v) is 16.7. The van der Waals surface area contributed by atoms with Crippen LogP contribution in [-0.4, -0.2) is 82.4 Å². The number of hydrogen-bond acceptors (Lipinski definition) is 9. The summed E-state index contributed by atoms with van der Waals surface area (Å²) in [4.78, 5) is 61.8. The average Bonchev–Trinajstić information content (AvgIpc) is 3.66. The molecule has 0 radical (unpaired) electrons. The second-order valence-electron chi connectivity index (χ2n) is 16.2. The van der Waals surface area contributed by atoms with Crippen molar-refractivity contribution in [1.82, 2.24) is 15.2 Å². The molecule has 4 heterocycles. The minimum Gasteiger partial charge on any atom is -0.484 e. The van der Waals surface area contributed by atoms with Crippen LogP contribution in [0.25, 0.3) is 10.9 Å². The van der Waals surface area contributed by atoms with Gasteiger partial charge < -0.3 is 29.2 Å². The van der Waals surface area contributed by atoms with Gasteiger partial charge in [0.05, 0.1) is 36.2 Å². The van der Waals surface area contributed by atoms with Crippen LogP contribution in [0, 0.1) is 18.8 Å². The van der Waals surface area contributed by atoms with E-state index in [1.54, 1.807) is 40.7 Å². The fourth-order valence-electron chi connectivity index (χ4n) is 8.13. The van der Waals surface area contributed by atoms with Gasteiger partial charge in [0.1, 0.15) is 34.3 Å². The Labute approximate surface area is 323 Å². The van der Waals surface area contributed by atoms with Gasteiger partial charge in [-0.2, -0.15) is 13.2 Å². The van der Waals surface area contributed by atoms with Crippen molar-refractivity contribution in [2.24, 2.45) is 11.8 Å². The lowest BCUT2D eigenvalue weighted by Crippen LogP contribution is -2.54. The van der Waals surface area contributed by atoms with Crippen LogP contribution in [0.3, 0.4) is 0 Å². The third-order valence-electron chi connectivity index (χ3n) is 10.7. The smallest absolute Gasteiger partial charge is 0.422 e. The normalized spacial score (nSPS) is 29.1. The maximum absolute atomic E-state index is 14.7. The number of carbonyl (C=O) groups excluding carboxylic acids is 4. The van der Waals surface area contributed by atoms with Gasteiger partial charge in [0.2, 0.25) is 11.8 Å². The number of allylic oxidation sites excluding steroid dienone is 1. The fourth-order valence-corrected chi connectivity index (χ4v) is 8.63. The molecule has 1 saturated heterocycles. The van der Waals surface area contributed by atoms with Crippen LogP contribution in [0.5, 0.6) is 11.5 Å². The van der Waals surface area contributed by atoms with Crippen molar-refractivity contribution < 1.29 is 51.3 Å². The monoisotopic (exact) mass is 791 g/mol. The van der Waals surface area contributed by atoms with Gasteiger partial charge >= 0.3 is 18.1 Å². The Kier molecular flexibility index (Phi) is 11.4. The molecule has 1 N–H and O–H groups in total. The van der Waals surface area contributed by atoms with Crippen LogP contribution < -0.4 is 14.8 Å². The summed E-state index contributed by atoms with van der Waals surface area (Å²) in [7, 11) is 0. The molecule has 0 bridgehead atoms. The molecular formula is C40H49ClF3N3O8. The maximum atomic E-state index is 14.7. The quantitative estimate of drug-likeness (QED) is 0.183. The minimum absolute atomic E-state index is 0.0119. The number of benzene rings is 1.